The van der Waals surface area contributed by atoms with Gasteiger partial charge in [0.1, 0.15) is 5.75 Å². The van der Waals surface area contributed by atoms with Crippen LogP contribution in [0.3, 0.4) is 0 Å². The number of hydrogen-bond acceptors (Lipinski definition) is 4. The van der Waals surface area contributed by atoms with Crippen LogP contribution in [0.4, 0.5) is 5.13 Å². The van der Waals surface area contributed by atoms with Crippen LogP contribution >= 0.6 is 11.3 Å². The predicted molar refractivity (Wildman–Crippen MR) is 119 cm³/mol. The second kappa shape index (κ2) is 9.23. The average Bonchev–Trinajstić information content (AvgIpc) is 3.21. The van der Waals surface area contributed by atoms with Crippen molar-refractivity contribution in [2.24, 2.45) is 0 Å². The molecule has 1 aromatic heterocycles. The van der Waals surface area contributed by atoms with Gasteiger partial charge in [-0.05, 0) is 73.9 Å². The number of fused-ring (bicyclic) bond motifs is 1. The lowest BCUT2D eigenvalue weighted by Crippen LogP contribution is -2.12. The van der Waals surface area contributed by atoms with Crippen molar-refractivity contribution < 1.29 is 9.53 Å². The number of carbonyl (C=O) groups is 1. The highest BCUT2D eigenvalue weighted by atomic mass is 32.1. The monoisotopic (exact) mass is 406 g/mol. The maximum atomic E-state index is 12.3. The van der Waals surface area contributed by atoms with Gasteiger partial charge in [0, 0.05) is 17.4 Å². The van der Waals surface area contributed by atoms with Crippen LogP contribution in [0.2, 0.25) is 0 Å². The molecule has 0 aliphatic heterocycles. The Balaban J connectivity index is 1.33. The third-order valence-electron chi connectivity index (χ3n) is 5.27. The minimum Gasteiger partial charge on any atom is -0.494 e. The van der Waals surface area contributed by atoms with Crippen LogP contribution in [0.1, 0.15) is 42.9 Å². The Kier molecular flexibility index (Phi) is 6.25. The molecule has 3 aromatic rings. The zero-order chi connectivity index (χ0) is 20.1. The number of benzene rings is 2. The minimum absolute atomic E-state index is 0.00905. The number of anilines is 1. The molecule has 150 valence electrons. The van der Waals surface area contributed by atoms with Crippen LogP contribution < -0.4 is 10.1 Å². The highest BCUT2D eigenvalue weighted by molar-refractivity contribution is 7.14. The van der Waals surface area contributed by atoms with Crippen LogP contribution in [0, 0.1) is 0 Å². The fraction of sp³-hybridized carbons (Fsp3) is 0.333. The van der Waals surface area contributed by atoms with Crippen LogP contribution in [-0.2, 0) is 24.1 Å². The van der Waals surface area contributed by atoms with Crippen LogP contribution in [0.15, 0.2) is 47.8 Å². The van der Waals surface area contributed by atoms with E-state index in [1.807, 2.05) is 36.6 Å². The molecule has 1 aliphatic carbocycles. The molecule has 0 saturated carbocycles. The molecule has 4 rings (SSSR count). The molecule has 0 fully saturated rings. The third kappa shape index (κ3) is 5.04. The molecule has 4 nitrogen and oxygen atoms in total. The van der Waals surface area contributed by atoms with Gasteiger partial charge in [-0.2, -0.15) is 0 Å². The summed E-state index contributed by atoms with van der Waals surface area (Å²) in [6, 6.07) is 14.6. The summed E-state index contributed by atoms with van der Waals surface area (Å²) in [6.45, 7) is 2.62. The van der Waals surface area contributed by atoms with Gasteiger partial charge in [-0.3, -0.25) is 4.79 Å². The zero-order valence-electron chi connectivity index (χ0n) is 16.7. The van der Waals surface area contributed by atoms with Gasteiger partial charge in [0.15, 0.2) is 5.13 Å². The molecule has 0 radical (unpaired) electrons. The summed E-state index contributed by atoms with van der Waals surface area (Å²) in [5.41, 5.74) is 6.11. The zero-order valence-corrected chi connectivity index (χ0v) is 17.6. The average molecular weight is 407 g/mol. The molecular formula is C24H26N2O2S. The largest absolute Gasteiger partial charge is 0.494 e. The highest BCUT2D eigenvalue weighted by Crippen LogP contribution is 2.29. The number of rotatable bonds is 7. The van der Waals surface area contributed by atoms with Gasteiger partial charge in [0.05, 0.1) is 12.3 Å². The van der Waals surface area contributed by atoms with Crippen molar-refractivity contribution in [1.29, 1.82) is 0 Å². The maximum Gasteiger partial charge on any atom is 0.226 e. The SMILES string of the molecule is CCOc1ccc(CCC(=O)Nc2nc(-c3ccc4c(c3)CCCC4)cs2)cc1. The van der Waals surface area contributed by atoms with E-state index in [0.29, 0.717) is 24.6 Å². The normalized spacial score (nSPS) is 13.0. The van der Waals surface area contributed by atoms with Crippen LogP contribution in [0.5, 0.6) is 5.75 Å². The number of hydrogen-bond donors (Lipinski definition) is 1. The molecule has 0 spiro atoms. The molecule has 5 heteroatoms. The van der Waals surface area contributed by atoms with Crippen molar-refractivity contribution in [2.75, 3.05) is 11.9 Å². The van der Waals surface area contributed by atoms with E-state index in [4.69, 9.17) is 4.74 Å². The number of ether oxygens (including phenoxy) is 1. The fourth-order valence-electron chi connectivity index (χ4n) is 3.72. The van der Waals surface area contributed by atoms with Gasteiger partial charge in [-0.15, -0.1) is 11.3 Å². The lowest BCUT2D eigenvalue weighted by atomic mass is 9.90. The molecule has 1 aliphatic rings. The lowest BCUT2D eigenvalue weighted by Gasteiger charge is -2.16. The molecule has 0 saturated heterocycles. The first-order valence-electron chi connectivity index (χ1n) is 10.3. The Morgan fingerprint density at radius 3 is 2.69 bits per heavy atom. The number of carbonyl (C=O) groups excluding carboxylic acids is 1. The van der Waals surface area contributed by atoms with E-state index < -0.39 is 0 Å². The summed E-state index contributed by atoms with van der Waals surface area (Å²) < 4.78 is 5.45. The predicted octanol–water partition coefficient (Wildman–Crippen LogP) is 5.66. The number of amides is 1. The van der Waals surface area contributed by atoms with E-state index >= 15 is 0 Å². The van der Waals surface area contributed by atoms with Crippen LogP contribution in [-0.4, -0.2) is 17.5 Å². The van der Waals surface area contributed by atoms with E-state index in [0.717, 1.165) is 29.0 Å². The van der Waals surface area contributed by atoms with Crippen molar-refractivity contribution in [1.82, 2.24) is 4.98 Å². The Morgan fingerprint density at radius 1 is 1.10 bits per heavy atom. The van der Waals surface area contributed by atoms with Gasteiger partial charge in [0.25, 0.3) is 0 Å². The van der Waals surface area contributed by atoms with Gasteiger partial charge in [-0.1, -0.05) is 24.3 Å². The smallest absolute Gasteiger partial charge is 0.226 e. The number of thiazole rings is 1. The Morgan fingerprint density at radius 2 is 1.90 bits per heavy atom. The maximum absolute atomic E-state index is 12.3. The number of aromatic nitrogens is 1. The van der Waals surface area contributed by atoms with Crippen molar-refractivity contribution in [3.05, 3.63) is 64.5 Å². The van der Waals surface area contributed by atoms with E-state index in [9.17, 15) is 4.79 Å². The van der Waals surface area contributed by atoms with Gasteiger partial charge < -0.3 is 10.1 Å². The molecule has 2 aromatic carbocycles. The Labute approximate surface area is 176 Å². The molecule has 0 atom stereocenters. The summed E-state index contributed by atoms with van der Waals surface area (Å²) in [7, 11) is 0. The standard InChI is InChI=1S/C24H26N2O2S/c1-2-28-21-12-7-17(8-13-21)9-14-23(27)26-24-25-22(16-29-24)20-11-10-18-5-3-4-6-19(18)15-20/h7-8,10-13,15-16H,2-6,9,14H2,1H3,(H,25,26,27). The summed E-state index contributed by atoms with van der Waals surface area (Å²) in [6.07, 6.45) is 6.02. The number of nitrogens with one attached hydrogen (secondary N) is 1. The molecule has 1 amide bonds. The van der Waals surface area contributed by atoms with Crippen molar-refractivity contribution >= 4 is 22.4 Å². The topological polar surface area (TPSA) is 51.2 Å². The van der Waals surface area contributed by atoms with E-state index in [1.165, 1.54) is 41.7 Å². The van der Waals surface area contributed by atoms with Crippen molar-refractivity contribution in [3.8, 4) is 17.0 Å². The van der Waals surface area contributed by atoms with E-state index in [2.05, 4.69) is 28.5 Å². The highest BCUT2D eigenvalue weighted by Gasteiger charge is 2.13. The second-order valence-corrected chi connectivity index (χ2v) is 8.21. The van der Waals surface area contributed by atoms with Gasteiger partial charge >= 0.3 is 0 Å². The summed E-state index contributed by atoms with van der Waals surface area (Å²) in [4.78, 5) is 16.9. The summed E-state index contributed by atoms with van der Waals surface area (Å²) >= 11 is 1.48. The van der Waals surface area contributed by atoms with Crippen molar-refractivity contribution in [3.63, 3.8) is 0 Å². The quantitative estimate of drug-likeness (QED) is 0.551. The second-order valence-electron chi connectivity index (χ2n) is 7.35. The molecule has 29 heavy (non-hydrogen) atoms. The molecule has 1 heterocycles. The number of aryl methyl sites for hydroxylation is 3. The Bertz CT molecular complexity index is 979. The first-order chi connectivity index (χ1) is 14.2. The van der Waals surface area contributed by atoms with Crippen molar-refractivity contribution in [2.45, 2.75) is 45.4 Å². The lowest BCUT2D eigenvalue weighted by molar-refractivity contribution is -0.116. The summed E-state index contributed by atoms with van der Waals surface area (Å²) in [5, 5.41) is 5.62. The summed E-state index contributed by atoms with van der Waals surface area (Å²) in [5.74, 6) is 0.850. The van der Waals surface area contributed by atoms with Crippen LogP contribution in [0.25, 0.3) is 11.3 Å². The van der Waals surface area contributed by atoms with E-state index in [1.54, 1.807) is 0 Å². The Hall–Kier alpha value is -2.66. The molecule has 1 N–H and O–H groups in total. The van der Waals surface area contributed by atoms with Gasteiger partial charge in [0.2, 0.25) is 5.91 Å². The van der Waals surface area contributed by atoms with Gasteiger partial charge in [-0.25, -0.2) is 4.98 Å². The first kappa shape index (κ1) is 19.6. The number of nitrogens with zero attached hydrogens (tertiary/aromatic N) is 1. The van der Waals surface area contributed by atoms with E-state index in [-0.39, 0.29) is 5.91 Å². The first-order valence-corrected chi connectivity index (χ1v) is 11.2. The fourth-order valence-corrected chi connectivity index (χ4v) is 4.45. The molecular weight excluding hydrogens is 380 g/mol. The third-order valence-corrected chi connectivity index (χ3v) is 6.03. The molecule has 0 bridgehead atoms. The minimum atomic E-state index is -0.00905. The molecule has 0 unspecified atom stereocenters.